The predicted molar refractivity (Wildman–Crippen MR) is 112 cm³/mol. The zero-order valence-corrected chi connectivity index (χ0v) is 18.4. The van der Waals surface area contributed by atoms with Gasteiger partial charge in [-0.05, 0) is 81.3 Å². The van der Waals surface area contributed by atoms with E-state index in [0.717, 1.165) is 56.9 Å². The Labute approximate surface area is 174 Å². The zero-order valence-electron chi connectivity index (χ0n) is 18.4. The largest absolute Gasteiger partial charge is 0.472 e. The Morgan fingerprint density at radius 2 is 1.93 bits per heavy atom. The lowest BCUT2D eigenvalue weighted by molar-refractivity contribution is -0.202. The number of esters is 1. The zero-order chi connectivity index (χ0) is 20.9. The predicted octanol–water partition coefficient (Wildman–Crippen LogP) is 5.45. The molecule has 2 fully saturated rings. The van der Waals surface area contributed by atoms with E-state index in [1.54, 1.807) is 6.26 Å². The van der Waals surface area contributed by atoms with E-state index in [9.17, 15) is 9.90 Å². The minimum Gasteiger partial charge on any atom is -0.472 e. The molecule has 0 spiro atoms. The molecule has 0 aromatic carbocycles. The molecular weight excluding hydrogens is 364 g/mol. The highest BCUT2D eigenvalue weighted by atomic mass is 16.5. The third kappa shape index (κ3) is 3.48. The summed E-state index contributed by atoms with van der Waals surface area (Å²) < 4.78 is 11.2. The van der Waals surface area contributed by atoms with E-state index in [1.165, 1.54) is 5.56 Å². The third-order valence-corrected chi connectivity index (χ3v) is 8.76. The molecule has 0 amide bonds. The quantitative estimate of drug-likeness (QED) is 0.683. The molecule has 6 unspecified atom stereocenters. The number of furan rings is 1. The number of carbonyl (C=O) groups excluding carboxylic acids is 1. The van der Waals surface area contributed by atoms with E-state index >= 15 is 0 Å². The highest BCUT2D eigenvalue weighted by Gasteiger charge is 2.61. The van der Waals surface area contributed by atoms with Crippen molar-refractivity contribution in [1.29, 1.82) is 0 Å². The molecule has 0 bridgehead atoms. The molecule has 4 heteroatoms. The first-order valence-corrected chi connectivity index (χ1v) is 11.3. The number of fused-ring (bicyclic) bond motifs is 1. The van der Waals surface area contributed by atoms with Gasteiger partial charge in [0.15, 0.2) is 0 Å². The van der Waals surface area contributed by atoms with Gasteiger partial charge >= 0.3 is 5.97 Å². The minimum absolute atomic E-state index is 0.0375. The van der Waals surface area contributed by atoms with Gasteiger partial charge in [-0.25, -0.2) is 4.79 Å². The number of hydrogen-bond donors (Lipinski definition) is 1. The summed E-state index contributed by atoms with van der Waals surface area (Å²) in [6.07, 6.45) is 13.4. The van der Waals surface area contributed by atoms with Crippen LogP contribution in [0.4, 0.5) is 0 Å². The molecule has 160 valence electrons. The summed E-state index contributed by atoms with van der Waals surface area (Å²) in [6, 6.07) is 2.03. The lowest BCUT2D eigenvalue weighted by Gasteiger charge is -2.63. The molecule has 2 saturated carbocycles. The molecule has 1 N–H and O–H groups in total. The van der Waals surface area contributed by atoms with Crippen LogP contribution in [0.3, 0.4) is 0 Å². The van der Waals surface area contributed by atoms with Crippen molar-refractivity contribution in [1.82, 2.24) is 0 Å². The maximum atomic E-state index is 12.3. The molecule has 2 heterocycles. The Morgan fingerprint density at radius 3 is 2.62 bits per heavy atom. The van der Waals surface area contributed by atoms with Crippen LogP contribution in [0.15, 0.2) is 34.7 Å². The lowest BCUT2D eigenvalue weighted by Crippen LogP contribution is -2.61. The molecule has 0 saturated heterocycles. The Balaban J connectivity index is 1.62. The molecular formula is C25H36O4. The summed E-state index contributed by atoms with van der Waals surface area (Å²) in [4.78, 5) is 12.3. The third-order valence-electron chi connectivity index (χ3n) is 8.76. The standard InChI is InChI=1S/C25H36O4/c1-17-6-9-21(29-22(17)26)24(3)13-5-12-23(2)19(24)10-14-25(4,27)20(23)8-7-18-11-15-28-16-18/h6,11,15-16,19-21,27H,5,7-10,12-14H2,1-4H3. The fraction of sp³-hybridized carbons (Fsp3) is 0.720. The van der Waals surface area contributed by atoms with Gasteiger partial charge in [0.1, 0.15) is 6.10 Å². The number of hydrogen-bond acceptors (Lipinski definition) is 4. The first-order valence-electron chi connectivity index (χ1n) is 11.3. The Kier molecular flexibility index (Phi) is 5.21. The second-order valence-electron chi connectivity index (χ2n) is 10.6. The topological polar surface area (TPSA) is 59.7 Å². The van der Waals surface area contributed by atoms with Gasteiger partial charge in [-0.1, -0.05) is 26.3 Å². The van der Waals surface area contributed by atoms with Crippen molar-refractivity contribution in [3.05, 3.63) is 35.8 Å². The molecule has 1 aromatic heterocycles. The van der Waals surface area contributed by atoms with Crippen LogP contribution in [0, 0.1) is 22.7 Å². The smallest absolute Gasteiger partial charge is 0.333 e. The van der Waals surface area contributed by atoms with Crippen molar-refractivity contribution in [3.63, 3.8) is 0 Å². The van der Waals surface area contributed by atoms with Gasteiger partial charge in [0.05, 0.1) is 18.1 Å². The van der Waals surface area contributed by atoms with Gasteiger partial charge in [-0.15, -0.1) is 0 Å². The van der Waals surface area contributed by atoms with Crippen molar-refractivity contribution in [3.8, 4) is 0 Å². The number of aryl methyl sites for hydroxylation is 1. The Hall–Kier alpha value is -1.55. The second kappa shape index (κ2) is 7.30. The maximum absolute atomic E-state index is 12.3. The molecule has 1 aromatic rings. The van der Waals surface area contributed by atoms with E-state index in [4.69, 9.17) is 9.15 Å². The first kappa shape index (κ1) is 20.7. The van der Waals surface area contributed by atoms with Gasteiger partial charge in [0.25, 0.3) is 0 Å². The van der Waals surface area contributed by atoms with Gasteiger partial charge in [-0.3, -0.25) is 0 Å². The summed E-state index contributed by atoms with van der Waals surface area (Å²) in [7, 11) is 0. The molecule has 1 aliphatic heterocycles. The maximum Gasteiger partial charge on any atom is 0.333 e. The summed E-state index contributed by atoms with van der Waals surface area (Å²) in [5.74, 6) is 0.511. The van der Waals surface area contributed by atoms with Gasteiger partial charge in [0, 0.05) is 17.4 Å². The number of carbonyl (C=O) groups is 1. The van der Waals surface area contributed by atoms with Crippen LogP contribution in [0.2, 0.25) is 0 Å². The summed E-state index contributed by atoms with van der Waals surface area (Å²) in [6.45, 7) is 8.62. The van der Waals surface area contributed by atoms with Crippen LogP contribution >= 0.6 is 0 Å². The van der Waals surface area contributed by atoms with Gasteiger partial charge in [-0.2, -0.15) is 0 Å². The molecule has 4 rings (SSSR count). The van der Waals surface area contributed by atoms with Crippen molar-refractivity contribution in [2.75, 3.05) is 0 Å². The van der Waals surface area contributed by atoms with Crippen LogP contribution in [-0.4, -0.2) is 22.8 Å². The van der Waals surface area contributed by atoms with E-state index in [2.05, 4.69) is 19.9 Å². The average molecular weight is 401 g/mol. The highest BCUT2D eigenvalue weighted by Crippen LogP contribution is 2.64. The summed E-state index contributed by atoms with van der Waals surface area (Å²) in [5, 5.41) is 11.4. The van der Waals surface area contributed by atoms with Gasteiger partial charge in [0.2, 0.25) is 0 Å². The second-order valence-corrected chi connectivity index (χ2v) is 10.6. The lowest BCUT2D eigenvalue weighted by atomic mass is 9.43. The Morgan fingerprint density at radius 1 is 1.17 bits per heavy atom. The minimum atomic E-state index is -0.660. The highest BCUT2D eigenvalue weighted by molar-refractivity contribution is 5.88. The summed E-state index contributed by atoms with van der Waals surface area (Å²) >= 11 is 0. The number of aliphatic hydroxyl groups is 1. The molecule has 29 heavy (non-hydrogen) atoms. The van der Waals surface area contributed by atoms with E-state index in [-0.39, 0.29) is 28.8 Å². The fourth-order valence-electron chi connectivity index (χ4n) is 7.16. The van der Waals surface area contributed by atoms with Crippen LogP contribution in [-0.2, 0) is 16.0 Å². The fourth-order valence-corrected chi connectivity index (χ4v) is 7.16. The van der Waals surface area contributed by atoms with E-state index in [1.807, 2.05) is 26.2 Å². The van der Waals surface area contributed by atoms with Crippen molar-refractivity contribution >= 4 is 5.97 Å². The van der Waals surface area contributed by atoms with Crippen LogP contribution in [0.1, 0.15) is 78.2 Å². The molecule has 6 atom stereocenters. The Bertz CT molecular complexity index is 777. The number of rotatable bonds is 4. The van der Waals surface area contributed by atoms with Crippen molar-refractivity contribution in [2.45, 2.75) is 90.8 Å². The summed E-state index contributed by atoms with van der Waals surface area (Å²) in [5.41, 5.74) is 1.28. The number of ether oxygens (including phenoxy) is 1. The van der Waals surface area contributed by atoms with E-state index in [0.29, 0.717) is 5.92 Å². The van der Waals surface area contributed by atoms with Gasteiger partial charge < -0.3 is 14.3 Å². The van der Waals surface area contributed by atoms with Crippen LogP contribution < -0.4 is 0 Å². The van der Waals surface area contributed by atoms with Crippen LogP contribution in [0.5, 0.6) is 0 Å². The SMILES string of the molecule is CC1=CCC(C2(C)CCCC3(C)C(CCc4ccoc4)C(C)(O)CCC23)OC1=O. The van der Waals surface area contributed by atoms with Crippen molar-refractivity contribution in [2.24, 2.45) is 22.7 Å². The van der Waals surface area contributed by atoms with Crippen molar-refractivity contribution < 1.29 is 19.1 Å². The normalized spacial score (nSPS) is 42.7. The monoisotopic (exact) mass is 400 g/mol. The van der Waals surface area contributed by atoms with E-state index < -0.39 is 5.60 Å². The molecule has 0 radical (unpaired) electrons. The molecule has 4 nitrogen and oxygen atoms in total. The molecule has 3 aliphatic rings. The first-order chi connectivity index (χ1) is 13.7. The average Bonchev–Trinajstić information content (AvgIpc) is 3.16. The number of cyclic esters (lactones) is 1. The molecule has 2 aliphatic carbocycles. The van der Waals surface area contributed by atoms with Crippen LogP contribution in [0.25, 0.3) is 0 Å².